The van der Waals surface area contributed by atoms with Crippen molar-refractivity contribution < 1.29 is 14.3 Å². The van der Waals surface area contributed by atoms with E-state index in [0.29, 0.717) is 30.4 Å². The summed E-state index contributed by atoms with van der Waals surface area (Å²) in [6.45, 7) is 3.97. The van der Waals surface area contributed by atoms with Crippen molar-refractivity contribution >= 4 is 11.8 Å². The van der Waals surface area contributed by atoms with Crippen LogP contribution in [0.2, 0.25) is 0 Å². The third-order valence-corrected chi connectivity index (χ3v) is 8.67. The van der Waals surface area contributed by atoms with Crippen LogP contribution in [-0.4, -0.2) is 83.5 Å². The highest BCUT2D eigenvalue weighted by molar-refractivity contribution is 5.83. The summed E-state index contributed by atoms with van der Waals surface area (Å²) in [7, 11) is 0. The van der Waals surface area contributed by atoms with Crippen LogP contribution in [0.1, 0.15) is 38.5 Å². The minimum Gasteiger partial charge on any atom is -0.374 e. The van der Waals surface area contributed by atoms with E-state index in [0.717, 1.165) is 64.2 Å². The predicted octanol–water partition coefficient (Wildman–Crippen LogP) is 0.957. The van der Waals surface area contributed by atoms with Crippen LogP contribution in [0.4, 0.5) is 0 Å². The number of fused-ring (bicyclic) bond motifs is 8. The number of carbonyl (C=O) groups excluding carboxylic acids is 2. The zero-order chi connectivity index (χ0) is 19.7. The average molecular weight is 398 g/mol. The number of piperazine rings is 1. The Bertz CT molecular complexity index is 755. The van der Waals surface area contributed by atoms with Gasteiger partial charge >= 0.3 is 0 Å². The number of nitrogens with zero attached hydrogens (tertiary/aromatic N) is 3. The Morgan fingerprint density at radius 2 is 1.62 bits per heavy atom. The van der Waals surface area contributed by atoms with Crippen LogP contribution in [0.5, 0.6) is 0 Å². The Labute approximate surface area is 172 Å². The average Bonchev–Trinajstić information content (AvgIpc) is 3.37. The first-order valence-electron chi connectivity index (χ1n) is 11.6. The Hall–Kier alpha value is -1.58. The number of hydrogen-bond donors (Lipinski definition) is 0. The van der Waals surface area contributed by atoms with Crippen molar-refractivity contribution in [2.75, 3.05) is 32.7 Å². The SMILES string of the molecule is C#CCN1CCC(C(=O)N2CC3CCC2CN3C(=O)[C@@H]2C[C@@H]3O[C@H]2[C@H]2C[C@H]23)CC1. The highest BCUT2D eigenvalue weighted by atomic mass is 16.5. The van der Waals surface area contributed by atoms with Crippen LogP contribution in [0.15, 0.2) is 0 Å². The fourth-order valence-electron chi connectivity index (χ4n) is 6.98. The smallest absolute Gasteiger partial charge is 0.228 e. The summed E-state index contributed by atoms with van der Waals surface area (Å²) in [5.74, 6) is 4.94. The largest absolute Gasteiger partial charge is 0.374 e. The molecular weight excluding hydrogens is 366 g/mol. The van der Waals surface area contributed by atoms with Gasteiger partial charge in [-0.1, -0.05) is 5.92 Å². The van der Waals surface area contributed by atoms with Crippen molar-refractivity contribution in [3.05, 3.63) is 0 Å². The summed E-state index contributed by atoms with van der Waals surface area (Å²) in [5, 5.41) is 0. The Morgan fingerprint density at radius 3 is 2.21 bits per heavy atom. The van der Waals surface area contributed by atoms with Gasteiger partial charge in [-0.05, 0) is 63.5 Å². The minimum absolute atomic E-state index is 0.0766. The van der Waals surface area contributed by atoms with Crippen molar-refractivity contribution in [3.8, 4) is 12.3 Å². The summed E-state index contributed by atoms with van der Waals surface area (Å²) >= 11 is 0. The molecule has 29 heavy (non-hydrogen) atoms. The lowest BCUT2D eigenvalue weighted by atomic mass is 9.84. The minimum atomic E-state index is 0.0766. The first-order valence-corrected chi connectivity index (χ1v) is 11.6. The van der Waals surface area contributed by atoms with Crippen LogP contribution >= 0.6 is 0 Å². The molecule has 0 aromatic heterocycles. The molecule has 0 N–H and O–H groups in total. The Morgan fingerprint density at radius 1 is 0.931 bits per heavy atom. The molecule has 2 amide bonds. The van der Waals surface area contributed by atoms with Crippen LogP contribution in [0.3, 0.4) is 0 Å². The van der Waals surface area contributed by atoms with E-state index in [9.17, 15) is 9.59 Å². The molecule has 6 saturated heterocycles. The molecule has 156 valence electrons. The number of rotatable bonds is 3. The topological polar surface area (TPSA) is 53.1 Å². The zero-order valence-electron chi connectivity index (χ0n) is 17.0. The van der Waals surface area contributed by atoms with Crippen LogP contribution < -0.4 is 0 Å². The lowest BCUT2D eigenvalue weighted by Crippen LogP contribution is -2.67. The molecule has 0 spiro atoms. The van der Waals surface area contributed by atoms with Crippen molar-refractivity contribution in [2.24, 2.45) is 23.7 Å². The van der Waals surface area contributed by atoms with Crippen LogP contribution in [0.25, 0.3) is 0 Å². The molecular formula is C23H31N3O3. The first-order chi connectivity index (χ1) is 14.1. The lowest BCUT2D eigenvalue weighted by Gasteiger charge is -2.53. The molecule has 1 saturated carbocycles. The third-order valence-electron chi connectivity index (χ3n) is 8.67. The lowest BCUT2D eigenvalue weighted by molar-refractivity contribution is -0.158. The molecule has 2 unspecified atom stereocenters. The first kappa shape index (κ1) is 18.2. The summed E-state index contributed by atoms with van der Waals surface area (Å²) in [5.41, 5.74) is 0. The summed E-state index contributed by atoms with van der Waals surface area (Å²) in [4.78, 5) is 33.1. The van der Waals surface area contributed by atoms with Gasteiger partial charge in [0.15, 0.2) is 0 Å². The number of piperidine rings is 3. The fraction of sp³-hybridized carbons (Fsp3) is 0.826. The summed E-state index contributed by atoms with van der Waals surface area (Å²) < 4.78 is 6.08. The van der Waals surface area contributed by atoms with Gasteiger partial charge in [0, 0.05) is 31.1 Å². The maximum atomic E-state index is 13.3. The summed E-state index contributed by atoms with van der Waals surface area (Å²) in [6, 6.07) is 0.403. The van der Waals surface area contributed by atoms with E-state index in [-0.39, 0.29) is 30.0 Å². The van der Waals surface area contributed by atoms with E-state index in [2.05, 4.69) is 20.6 Å². The molecule has 0 aromatic rings. The standard InChI is InChI=1S/C23H31N3O3/c1-2-7-24-8-5-14(6-9-24)22(27)25-12-16-4-3-15(25)13-26(16)23(28)19-11-20-17-10-18(17)21(19)29-20/h1,14-21H,3-13H2/t15?,16?,17-,18+,19-,20+,21+/m1/s1. The quantitative estimate of drug-likeness (QED) is 0.666. The number of carbonyl (C=O) groups is 2. The second kappa shape index (κ2) is 6.72. The van der Waals surface area contributed by atoms with Gasteiger partial charge in [0.1, 0.15) is 0 Å². The van der Waals surface area contributed by atoms with Gasteiger partial charge in [0.25, 0.3) is 0 Å². The van der Waals surface area contributed by atoms with E-state index in [1.165, 1.54) is 6.42 Å². The van der Waals surface area contributed by atoms with Crippen LogP contribution in [0, 0.1) is 36.0 Å². The molecule has 7 rings (SSSR count). The summed E-state index contributed by atoms with van der Waals surface area (Å²) in [6.07, 6.45) is 12.0. The number of ether oxygens (including phenoxy) is 1. The predicted molar refractivity (Wildman–Crippen MR) is 107 cm³/mol. The van der Waals surface area contributed by atoms with Gasteiger partial charge in [-0.25, -0.2) is 0 Å². The number of hydrogen-bond acceptors (Lipinski definition) is 4. The molecule has 6 heterocycles. The van der Waals surface area contributed by atoms with E-state index < -0.39 is 0 Å². The van der Waals surface area contributed by atoms with Crippen molar-refractivity contribution in [1.29, 1.82) is 0 Å². The van der Waals surface area contributed by atoms with Gasteiger partial charge in [-0.3, -0.25) is 14.5 Å². The number of likely N-dealkylation sites (tertiary alicyclic amines) is 1. The molecule has 0 radical (unpaired) electrons. The molecule has 1 aliphatic carbocycles. The molecule has 6 heteroatoms. The zero-order valence-corrected chi connectivity index (χ0v) is 17.0. The maximum Gasteiger partial charge on any atom is 0.228 e. The van der Waals surface area contributed by atoms with E-state index in [4.69, 9.17) is 11.2 Å². The van der Waals surface area contributed by atoms with Crippen molar-refractivity contribution in [3.63, 3.8) is 0 Å². The molecule has 7 fully saturated rings. The van der Waals surface area contributed by atoms with E-state index in [1.807, 2.05) is 0 Å². The van der Waals surface area contributed by atoms with Gasteiger partial charge in [-0.2, -0.15) is 0 Å². The molecule has 6 nitrogen and oxygen atoms in total. The number of terminal acetylenes is 1. The van der Waals surface area contributed by atoms with E-state index >= 15 is 0 Å². The normalized spacial score (nSPS) is 43.3. The second-order valence-corrected chi connectivity index (χ2v) is 10.2. The monoisotopic (exact) mass is 397 g/mol. The molecule has 4 bridgehead atoms. The molecule has 6 aliphatic heterocycles. The Balaban J connectivity index is 1.08. The van der Waals surface area contributed by atoms with Crippen molar-refractivity contribution in [1.82, 2.24) is 14.7 Å². The number of amides is 2. The highest BCUT2D eigenvalue weighted by Gasteiger charge is 2.65. The van der Waals surface area contributed by atoms with Gasteiger partial charge in [-0.15, -0.1) is 6.42 Å². The fourth-order valence-corrected chi connectivity index (χ4v) is 6.98. The van der Waals surface area contributed by atoms with Crippen molar-refractivity contribution in [2.45, 2.75) is 62.8 Å². The third kappa shape index (κ3) is 2.84. The van der Waals surface area contributed by atoms with Gasteiger partial charge < -0.3 is 14.5 Å². The molecule has 0 aromatic carbocycles. The highest BCUT2D eigenvalue weighted by Crippen LogP contribution is 2.61. The van der Waals surface area contributed by atoms with Gasteiger partial charge in [0.05, 0.1) is 24.7 Å². The van der Waals surface area contributed by atoms with E-state index in [1.54, 1.807) is 0 Å². The maximum absolute atomic E-state index is 13.3. The Kier molecular flexibility index (Phi) is 4.22. The molecule has 7 aliphatic rings. The second-order valence-electron chi connectivity index (χ2n) is 10.2. The van der Waals surface area contributed by atoms with Gasteiger partial charge in [0.2, 0.25) is 11.8 Å². The van der Waals surface area contributed by atoms with Crippen LogP contribution in [-0.2, 0) is 14.3 Å². The molecule has 7 atom stereocenters.